The zero-order chi connectivity index (χ0) is 17.3. The number of rotatable bonds is 8. The first-order valence-corrected chi connectivity index (χ1v) is 8.14. The molecule has 1 heterocycles. The number of benzene rings is 2. The van der Waals surface area contributed by atoms with Crippen molar-refractivity contribution in [2.75, 3.05) is 13.2 Å². The van der Waals surface area contributed by atoms with E-state index in [4.69, 9.17) is 9.26 Å². The van der Waals surface area contributed by atoms with Crippen molar-refractivity contribution in [2.45, 2.75) is 12.8 Å². The van der Waals surface area contributed by atoms with E-state index in [0.29, 0.717) is 37.7 Å². The Morgan fingerprint density at radius 2 is 1.76 bits per heavy atom. The fourth-order valence-corrected chi connectivity index (χ4v) is 2.24. The third kappa shape index (κ3) is 5.17. The van der Waals surface area contributed by atoms with Crippen LogP contribution < -0.4 is 10.1 Å². The zero-order valence-corrected chi connectivity index (χ0v) is 13.7. The zero-order valence-electron chi connectivity index (χ0n) is 13.7. The molecule has 0 bridgehead atoms. The molecule has 1 aromatic heterocycles. The number of amides is 1. The van der Waals surface area contributed by atoms with Crippen molar-refractivity contribution in [3.05, 3.63) is 66.6 Å². The molecule has 0 atom stereocenters. The van der Waals surface area contributed by atoms with E-state index < -0.39 is 0 Å². The Labute approximate surface area is 145 Å². The summed E-state index contributed by atoms with van der Waals surface area (Å²) in [5, 5.41) is 6.77. The predicted octanol–water partition coefficient (Wildman–Crippen LogP) is 2.86. The lowest BCUT2D eigenvalue weighted by molar-refractivity contribution is -0.121. The molecule has 6 heteroatoms. The maximum atomic E-state index is 11.8. The molecule has 0 aliphatic carbocycles. The van der Waals surface area contributed by atoms with Crippen LogP contribution in [0.25, 0.3) is 11.4 Å². The van der Waals surface area contributed by atoms with Gasteiger partial charge in [-0.25, -0.2) is 0 Å². The van der Waals surface area contributed by atoms with Crippen molar-refractivity contribution in [1.82, 2.24) is 15.5 Å². The molecule has 0 fully saturated rings. The fraction of sp³-hybridized carbons (Fsp3) is 0.211. The highest BCUT2D eigenvalue weighted by atomic mass is 16.5. The quantitative estimate of drug-likeness (QED) is 0.684. The Morgan fingerprint density at radius 3 is 2.52 bits per heavy atom. The lowest BCUT2D eigenvalue weighted by Gasteiger charge is -2.06. The molecular weight excluding hydrogens is 318 g/mol. The number of carbonyl (C=O) groups excluding carboxylic acids is 1. The second-order valence-electron chi connectivity index (χ2n) is 5.39. The Hall–Kier alpha value is -3.15. The van der Waals surface area contributed by atoms with Crippen LogP contribution in [0.4, 0.5) is 0 Å². The van der Waals surface area contributed by atoms with Crippen LogP contribution in [-0.2, 0) is 11.2 Å². The first kappa shape index (κ1) is 16.7. The molecular formula is C19H19N3O3. The van der Waals surface area contributed by atoms with Gasteiger partial charge >= 0.3 is 0 Å². The van der Waals surface area contributed by atoms with Crippen molar-refractivity contribution in [2.24, 2.45) is 0 Å². The van der Waals surface area contributed by atoms with Gasteiger partial charge in [0.25, 0.3) is 0 Å². The van der Waals surface area contributed by atoms with Gasteiger partial charge in [0.1, 0.15) is 5.75 Å². The number of nitrogens with one attached hydrogen (secondary N) is 1. The van der Waals surface area contributed by atoms with E-state index in [1.54, 1.807) is 0 Å². The first-order valence-electron chi connectivity index (χ1n) is 8.14. The minimum Gasteiger partial charge on any atom is -0.493 e. The molecule has 2 aromatic carbocycles. The van der Waals surface area contributed by atoms with Crippen molar-refractivity contribution in [3.8, 4) is 17.1 Å². The molecule has 0 aliphatic heterocycles. The predicted molar refractivity (Wildman–Crippen MR) is 93.0 cm³/mol. The lowest BCUT2D eigenvalue weighted by atomic mass is 10.2. The molecule has 128 valence electrons. The van der Waals surface area contributed by atoms with Gasteiger partial charge in [-0.3, -0.25) is 4.79 Å². The van der Waals surface area contributed by atoms with Crippen LogP contribution in [0.1, 0.15) is 12.3 Å². The molecule has 3 rings (SSSR count). The van der Waals surface area contributed by atoms with Crippen LogP contribution in [0.15, 0.2) is 65.2 Å². The number of hydrogen-bond acceptors (Lipinski definition) is 5. The molecule has 0 saturated heterocycles. The third-order valence-electron chi connectivity index (χ3n) is 3.50. The Balaban J connectivity index is 1.36. The number of carbonyl (C=O) groups is 1. The normalized spacial score (nSPS) is 10.4. The maximum Gasteiger partial charge on any atom is 0.228 e. The number of para-hydroxylation sites is 1. The lowest BCUT2D eigenvalue weighted by Crippen LogP contribution is -2.27. The molecule has 25 heavy (non-hydrogen) atoms. The highest BCUT2D eigenvalue weighted by Gasteiger charge is 2.08. The molecule has 6 nitrogen and oxygen atoms in total. The van der Waals surface area contributed by atoms with Gasteiger partial charge in [-0.15, -0.1) is 0 Å². The van der Waals surface area contributed by atoms with Crippen molar-refractivity contribution < 1.29 is 14.1 Å². The van der Waals surface area contributed by atoms with E-state index in [9.17, 15) is 4.79 Å². The minimum absolute atomic E-state index is 0.0706. The van der Waals surface area contributed by atoms with Crippen LogP contribution in [-0.4, -0.2) is 29.2 Å². The van der Waals surface area contributed by atoms with Gasteiger partial charge in [-0.05, 0) is 12.1 Å². The van der Waals surface area contributed by atoms with Crippen LogP contribution in [0.2, 0.25) is 0 Å². The number of nitrogens with zero attached hydrogens (tertiary/aromatic N) is 2. The Bertz CT molecular complexity index is 788. The molecule has 1 N–H and O–H groups in total. The topological polar surface area (TPSA) is 77.2 Å². The van der Waals surface area contributed by atoms with Gasteiger partial charge < -0.3 is 14.6 Å². The molecule has 1 amide bonds. The number of hydrogen-bond donors (Lipinski definition) is 1. The standard InChI is InChI=1S/C19H19N3O3/c23-17(12-14-24-16-9-5-2-6-10-16)20-13-11-18-21-19(22-25-18)15-7-3-1-4-8-15/h1-10H,11-14H2,(H,20,23). The molecule has 0 unspecified atom stereocenters. The van der Waals surface area contributed by atoms with Crippen molar-refractivity contribution in [3.63, 3.8) is 0 Å². The second kappa shape index (κ2) is 8.63. The largest absolute Gasteiger partial charge is 0.493 e. The number of aromatic nitrogens is 2. The Morgan fingerprint density at radius 1 is 1.04 bits per heavy atom. The summed E-state index contributed by atoms with van der Waals surface area (Å²) < 4.78 is 10.7. The summed E-state index contributed by atoms with van der Waals surface area (Å²) in [6.45, 7) is 0.787. The van der Waals surface area contributed by atoms with Crippen LogP contribution in [0.5, 0.6) is 5.75 Å². The summed E-state index contributed by atoms with van der Waals surface area (Å²) in [4.78, 5) is 16.1. The summed E-state index contributed by atoms with van der Waals surface area (Å²) >= 11 is 0. The SMILES string of the molecule is O=C(CCOc1ccccc1)NCCc1nc(-c2ccccc2)no1. The minimum atomic E-state index is -0.0706. The van der Waals surface area contributed by atoms with Gasteiger partial charge in [0.2, 0.25) is 17.6 Å². The molecule has 0 saturated carbocycles. The molecule has 3 aromatic rings. The van der Waals surface area contributed by atoms with Gasteiger partial charge in [0.05, 0.1) is 13.0 Å². The van der Waals surface area contributed by atoms with E-state index in [-0.39, 0.29) is 5.91 Å². The highest BCUT2D eigenvalue weighted by Crippen LogP contribution is 2.14. The third-order valence-corrected chi connectivity index (χ3v) is 3.50. The smallest absolute Gasteiger partial charge is 0.228 e. The fourth-order valence-electron chi connectivity index (χ4n) is 2.24. The first-order chi connectivity index (χ1) is 12.3. The van der Waals surface area contributed by atoms with E-state index >= 15 is 0 Å². The summed E-state index contributed by atoms with van der Waals surface area (Å²) in [5.74, 6) is 1.74. The van der Waals surface area contributed by atoms with Gasteiger partial charge in [0, 0.05) is 18.5 Å². The Kier molecular flexibility index (Phi) is 5.77. The van der Waals surface area contributed by atoms with E-state index in [1.165, 1.54) is 0 Å². The molecule has 0 radical (unpaired) electrons. The second-order valence-corrected chi connectivity index (χ2v) is 5.39. The van der Waals surface area contributed by atoms with Crippen LogP contribution >= 0.6 is 0 Å². The van der Waals surface area contributed by atoms with Crippen molar-refractivity contribution >= 4 is 5.91 Å². The summed E-state index contributed by atoms with van der Waals surface area (Å²) in [7, 11) is 0. The average molecular weight is 337 g/mol. The molecule has 0 aliphatic rings. The number of ether oxygens (including phenoxy) is 1. The van der Waals surface area contributed by atoms with Gasteiger partial charge in [-0.1, -0.05) is 53.7 Å². The van der Waals surface area contributed by atoms with Crippen LogP contribution in [0, 0.1) is 0 Å². The van der Waals surface area contributed by atoms with E-state index in [1.807, 2.05) is 60.7 Å². The highest BCUT2D eigenvalue weighted by molar-refractivity contribution is 5.75. The monoisotopic (exact) mass is 337 g/mol. The van der Waals surface area contributed by atoms with Crippen molar-refractivity contribution in [1.29, 1.82) is 0 Å². The summed E-state index contributed by atoms with van der Waals surface area (Å²) in [5.41, 5.74) is 0.902. The summed E-state index contributed by atoms with van der Waals surface area (Å²) in [6.07, 6.45) is 0.791. The average Bonchev–Trinajstić information content (AvgIpc) is 3.12. The maximum absolute atomic E-state index is 11.8. The molecule has 0 spiro atoms. The van der Waals surface area contributed by atoms with E-state index in [2.05, 4.69) is 15.5 Å². The van der Waals surface area contributed by atoms with Crippen LogP contribution in [0.3, 0.4) is 0 Å². The van der Waals surface area contributed by atoms with E-state index in [0.717, 1.165) is 11.3 Å². The van der Waals surface area contributed by atoms with Gasteiger partial charge in [0.15, 0.2) is 0 Å². The van der Waals surface area contributed by atoms with Gasteiger partial charge in [-0.2, -0.15) is 4.98 Å². The summed E-state index contributed by atoms with van der Waals surface area (Å²) in [6, 6.07) is 19.0.